The molecule has 0 saturated carbocycles. The fourth-order valence-electron chi connectivity index (χ4n) is 2.93. The van der Waals surface area contributed by atoms with Gasteiger partial charge in [0, 0.05) is 35.9 Å². The summed E-state index contributed by atoms with van der Waals surface area (Å²) in [4.78, 5) is 0.269. The van der Waals surface area contributed by atoms with Crippen LogP contribution in [0.15, 0.2) is 63.1 Å². The standard InChI is InChI=1S/C20H23BrN4O2S2/c1-4-25(5-2)29(26,27)18-8-6-7-16(13-18)19-22-23-20(24(19)3)28-14-15-9-11-17(21)12-10-15/h6-13H,4-5,14H2,1-3H3. The first-order valence-electron chi connectivity index (χ1n) is 9.24. The number of aromatic nitrogens is 3. The van der Waals surface area contributed by atoms with Gasteiger partial charge in [-0.05, 0) is 29.8 Å². The molecule has 0 spiro atoms. The van der Waals surface area contributed by atoms with E-state index in [1.165, 1.54) is 9.87 Å². The topological polar surface area (TPSA) is 68.1 Å². The van der Waals surface area contributed by atoms with Crippen molar-refractivity contribution in [1.82, 2.24) is 19.1 Å². The molecule has 0 fully saturated rings. The minimum Gasteiger partial charge on any atom is -0.305 e. The molecule has 0 aliphatic rings. The molecule has 29 heavy (non-hydrogen) atoms. The molecule has 0 amide bonds. The van der Waals surface area contributed by atoms with Gasteiger partial charge in [0.1, 0.15) is 0 Å². The first-order chi connectivity index (χ1) is 13.9. The second kappa shape index (κ2) is 9.42. The second-order valence-electron chi connectivity index (χ2n) is 6.40. The Hall–Kier alpha value is -1.68. The van der Waals surface area contributed by atoms with Crippen LogP contribution in [0.2, 0.25) is 0 Å². The third-order valence-electron chi connectivity index (χ3n) is 4.55. The van der Waals surface area contributed by atoms with Gasteiger partial charge >= 0.3 is 0 Å². The van der Waals surface area contributed by atoms with Gasteiger partial charge in [-0.2, -0.15) is 4.31 Å². The Kier molecular flexibility index (Phi) is 7.15. The number of thioether (sulfide) groups is 1. The van der Waals surface area contributed by atoms with Crippen LogP contribution in [0, 0.1) is 0 Å². The molecule has 0 saturated heterocycles. The van der Waals surface area contributed by atoms with Crippen LogP contribution in [0.1, 0.15) is 19.4 Å². The molecule has 1 aromatic heterocycles. The molecule has 2 aromatic carbocycles. The van der Waals surface area contributed by atoms with Gasteiger partial charge in [-0.15, -0.1) is 10.2 Å². The van der Waals surface area contributed by atoms with Crippen LogP contribution in [0.3, 0.4) is 0 Å². The van der Waals surface area contributed by atoms with E-state index in [0.717, 1.165) is 20.9 Å². The first-order valence-corrected chi connectivity index (χ1v) is 12.5. The monoisotopic (exact) mass is 494 g/mol. The lowest BCUT2D eigenvalue weighted by Crippen LogP contribution is -2.30. The van der Waals surface area contributed by atoms with Gasteiger partial charge in [0.2, 0.25) is 10.0 Å². The van der Waals surface area contributed by atoms with Crippen molar-refractivity contribution in [2.75, 3.05) is 13.1 Å². The zero-order chi connectivity index (χ0) is 21.0. The van der Waals surface area contributed by atoms with E-state index in [4.69, 9.17) is 0 Å². The number of hydrogen-bond acceptors (Lipinski definition) is 5. The van der Waals surface area contributed by atoms with Crippen LogP contribution in [-0.2, 0) is 22.8 Å². The third kappa shape index (κ3) is 4.91. The van der Waals surface area contributed by atoms with Gasteiger partial charge in [0.15, 0.2) is 11.0 Å². The van der Waals surface area contributed by atoms with Crippen molar-refractivity contribution in [3.05, 3.63) is 58.6 Å². The Balaban J connectivity index is 1.84. The Labute approximate surface area is 184 Å². The highest BCUT2D eigenvalue weighted by atomic mass is 79.9. The molecule has 0 atom stereocenters. The van der Waals surface area contributed by atoms with Gasteiger partial charge in [-0.25, -0.2) is 8.42 Å². The highest BCUT2D eigenvalue weighted by molar-refractivity contribution is 9.10. The summed E-state index contributed by atoms with van der Waals surface area (Å²) < 4.78 is 30.0. The summed E-state index contributed by atoms with van der Waals surface area (Å²) in [5.41, 5.74) is 1.92. The van der Waals surface area contributed by atoms with E-state index < -0.39 is 10.0 Å². The van der Waals surface area contributed by atoms with Crippen LogP contribution in [-0.4, -0.2) is 40.6 Å². The van der Waals surface area contributed by atoms with Crippen LogP contribution in [0.25, 0.3) is 11.4 Å². The van der Waals surface area contributed by atoms with E-state index in [2.05, 4.69) is 38.3 Å². The molecule has 1 heterocycles. The van der Waals surface area contributed by atoms with Crippen molar-refractivity contribution in [2.24, 2.45) is 7.05 Å². The smallest absolute Gasteiger partial charge is 0.243 e. The Morgan fingerprint density at radius 2 is 1.76 bits per heavy atom. The van der Waals surface area contributed by atoms with Crippen LogP contribution >= 0.6 is 27.7 Å². The second-order valence-corrected chi connectivity index (χ2v) is 10.2. The van der Waals surface area contributed by atoms with Crippen molar-refractivity contribution >= 4 is 37.7 Å². The summed E-state index contributed by atoms with van der Waals surface area (Å²) >= 11 is 5.03. The molecule has 0 bridgehead atoms. The maximum atomic E-state index is 12.8. The number of benzene rings is 2. The predicted octanol–water partition coefficient (Wildman–Crippen LogP) is 4.57. The van der Waals surface area contributed by atoms with Gasteiger partial charge < -0.3 is 4.57 Å². The number of sulfonamides is 1. The number of halogens is 1. The summed E-state index contributed by atoms with van der Waals surface area (Å²) in [6, 6.07) is 15.0. The molecule has 3 aromatic rings. The lowest BCUT2D eigenvalue weighted by atomic mass is 10.2. The van der Waals surface area contributed by atoms with Gasteiger partial charge in [-0.1, -0.05) is 65.8 Å². The lowest BCUT2D eigenvalue weighted by molar-refractivity contribution is 0.445. The number of hydrogen-bond donors (Lipinski definition) is 0. The molecule has 9 heteroatoms. The Morgan fingerprint density at radius 1 is 1.07 bits per heavy atom. The summed E-state index contributed by atoms with van der Waals surface area (Å²) in [6.07, 6.45) is 0. The molecule has 0 aliphatic carbocycles. The van der Waals surface area contributed by atoms with Crippen molar-refractivity contribution in [3.63, 3.8) is 0 Å². The quantitative estimate of drug-likeness (QED) is 0.429. The molecule has 3 rings (SSSR count). The normalized spacial score (nSPS) is 11.9. The minimum absolute atomic E-state index is 0.269. The van der Waals surface area contributed by atoms with E-state index in [1.54, 1.807) is 30.0 Å². The van der Waals surface area contributed by atoms with Gasteiger partial charge in [-0.3, -0.25) is 0 Å². The van der Waals surface area contributed by atoms with E-state index in [9.17, 15) is 8.42 Å². The molecule has 0 unspecified atom stereocenters. The summed E-state index contributed by atoms with van der Waals surface area (Å²) in [5, 5.41) is 9.37. The third-order valence-corrected chi connectivity index (χ3v) is 8.22. The fourth-order valence-corrected chi connectivity index (χ4v) is 5.56. The molecule has 154 valence electrons. The van der Waals surface area contributed by atoms with Gasteiger partial charge in [0.05, 0.1) is 4.90 Å². The zero-order valence-corrected chi connectivity index (χ0v) is 19.8. The molecule has 0 aliphatic heterocycles. The van der Waals surface area contributed by atoms with E-state index in [1.807, 2.05) is 43.7 Å². The fraction of sp³-hybridized carbons (Fsp3) is 0.300. The zero-order valence-electron chi connectivity index (χ0n) is 16.5. The highest BCUT2D eigenvalue weighted by Crippen LogP contribution is 2.27. The molecule has 0 N–H and O–H groups in total. The molecular weight excluding hydrogens is 472 g/mol. The van der Waals surface area contributed by atoms with Crippen molar-refractivity contribution in [2.45, 2.75) is 29.7 Å². The van der Waals surface area contributed by atoms with E-state index >= 15 is 0 Å². The average Bonchev–Trinajstić information content (AvgIpc) is 3.09. The van der Waals surface area contributed by atoms with Crippen LogP contribution in [0.4, 0.5) is 0 Å². The van der Waals surface area contributed by atoms with Crippen LogP contribution < -0.4 is 0 Å². The molecule has 0 radical (unpaired) electrons. The number of rotatable bonds is 8. The van der Waals surface area contributed by atoms with Crippen molar-refractivity contribution in [1.29, 1.82) is 0 Å². The lowest BCUT2D eigenvalue weighted by Gasteiger charge is -2.18. The Bertz CT molecular complexity index is 1080. The highest BCUT2D eigenvalue weighted by Gasteiger charge is 2.22. The minimum atomic E-state index is -3.52. The average molecular weight is 495 g/mol. The summed E-state index contributed by atoms with van der Waals surface area (Å²) in [5.74, 6) is 1.41. The maximum absolute atomic E-state index is 12.8. The predicted molar refractivity (Wildman–Crippen MR) is 120 cm³/mol. The first kappa shape index (κ1) is 22.0. The Morgan fingerprint density at radius 3 is 2.41 bits per heavy atom. The van der Waals surface area contributed by atoms with Crippen LogP contribution in [0.5, 0.6) is 0 Å². The van der Waals surface area contributed by atoms with Gasteiger partial charge in [0.25, 0.3) is 0 Å². The largest absolute Gasteiger partial charge is 0.305 e. The van der Waals surface area contributed by atoms with E-state index in [0.29, 0.717) is 18.9 Å². The summed E-state index contributed by atoms with van der Waals surface area (Å²) in [7, 11) is -1.63. The maximum Gasteiger partial charge on any atom is 0.243 e. The van der Waals surface area contributed by atoms with Crippen molar-refractivity contribution < 1.29 is 8.42 Å². The molecular formula is C20H23BrN4O2S2. The van der Waals surface area contributed by atoms with E-state index in [-0.39, 0.29) is 4.90 Å². The molecule has 6 nitrogen and oxygen atoms in total. The SMILES string of the molecule is CCN(CC)S(=O)(=O)c1cccc(-c2nnc(SCc3ccc(Br)cc3)n2C)c1. The number of nitrogens with zero attached hydrogens (tertiary/aromatic N) is 4. The summed E-state index contributed by atoms with van der Waals surface area (Å²) in [6.45, 7) is 4.54. The van der Waals surface area contributed by atoms with Crippen molar-refractivity contribution in [3.8, 4) is 11.4 Å².